The van der Waals surface area contributed by atoms with Gasteiger partial charge in [0, 0.05) is 29.9 Å². The van der Waals surface area contributed by atoms with Crippen LogP contribution in [-0.2, 0) is 22.6 Å². The van der Waals surface area contributed by atoms with Crippen molar-refractivity contribution in [3.8, 4) is 6.07 Å². The minimum absolute atomic E-state index is 0.0159. The first-order valence-electron chi connectivity index (χ1n) is 9.89. The van der Waals surface area contributed by atoms with E-state index in [9.17, 15) is 9.59 Å². The van der Waals surface area contributed by atoms with Crippen LogP contribution >= 0.6 is 0 Å². The van der Waals surface area contributed by atoms with Crippen LogP contribution in [0.3, 0.4) is 0 Å². The molecule has 154 valence electrons. The summed E-state index contributed by atoms with van der Waals surface area (Å²) in [5.41, 5.74) is 4.36. The fourth-order valence-corrected chi connectivity index (χ4v) is 3.15. The van der Waals surface area contributed by atoms with Crippen LogP contribution in [-0.4, -0.2) is 21.6 Å². The van der Waals surface area contributed by atoms with Gasteiger partial charge in [0.2, 0.25) is 11.8 Å². The number of aryl methyl sites for hydroxylation is 2. The molecular formula is C22H29N5O2. The standard InChI is InChI=1S/C22H29N5O2/c1-15(2)14-22(29)25-19-8-6-18(7-9-19)24-21(28)11-10-20-16(3)26-27(17(20)4)13-5-12-23/h6-9,15H,5,10-11,13-14H2,1-4H3,(H,24,28)(H,25,29). The lowest BCUT2D eigenvalue weighted by Crippen LogP contribution is -2.14. The smallest absolute Gasteiger partial charge is 0.224 e. The molecule has 0 aliphatic heterocycles. The van der Waals surface area contributed by atoms with Crippen LogP contribution in [0.2, 0.25) is 0 Å². The summed E-state index contributed by atoms with van der Waals surface area (Å²) >= 11 is 0. The van der Waals surface area contributed by atoms with Crippen molar-refractivity contribution in [3.63, 3.8) is 0 Å². The van der Waals surface area contributed by atoms with Crippen molar-refractivity contribution in [2.45, 2.75) is 59.9 Å². The summed E-state index contributed by atoms with van der Waals surface area (Å²) in [7, 11) is 0. The number of carbonyl (C=O) groups is 2. The number of hydrogen-bond acceptors (Lipinski definition) is 4. The Morgan fingerprint density at radius 2 is 1.69 bits per heavy atom. The molecule has 1 aromatic heterocycles. The number of carbonyl (C=O) groups excluding carboxylic acids is 2. The molecule has 2 aromatic rings. The Bertz CT molecular complexity index is 891. The second-order valence-corrected chi connectivity index (χ2v) is 7.55. The first kappa shape index (κ1) is 22.2. The number of nitriles is 1. The molecule has 0 aliphatic carbocycles. The molecule has 1 aromatic carbocycles. The zero-order valence-corrected chi connectivity index (χ0v) is 17.6. The van der Waals surface area contributed by atoms with Gasteiger partial charge in [0.25, 0.3) is 0 Å². The number of amides is 2. The van der Waals surface area contributed by atoms with Gasteiger partial charge in [0.1, 0.15) is 0 Å². The lowest BCUT2D eigenvalue weighted by atomic mass is 10.1. The molecule has 0 saturated carbocycles. The van der Waals surface area contributed by atoms with E-state index in [1.807, 2.05) is 32.4 Å². The van der Waals surface area contributed by atoms with E-state index in [2.05, 4.69) is 21.8 Å². The van der Waals surface area contributed by atoms with Crippen molar-refractivity contribution in [2.75, 3.05) is 10.6 Å². The predicted molar refractivity (Wildman–Crippen MR) is 113 cm³/mol. The largest absolute Gasteiger partial charge is 0.326 e. The normalized spacial score (nSPS) is 10.6. The van der Waals surface area contributed by atoms with Crippen LogP contribution in [0, 0.1) is 31.1 Å². The molecule has 0 spiro atoms. The molecule has 0 saturated heterocycles. The molecule has 2 rings (SSSR count). The second-order valence-electron chi connectivity index (χ2n) is 7.55. The Balaban J connectivity index is 1.88. The van der Waals surface area contributed by atoms with Gasteiger partial charge in [-0.15, -0.1) is 0 Å². The Morgan fingerprint density at radius 3 is 2.24 bits per heavy atom. The fourth-order valence-electron chi connectivity index (χ4n) is 3.15. The summed E-state index contributed by atoms with van der Waals surface area (Å²) in [4.78, 5) is 24.1. The molecular weight excluding hydrogens is 366 g/mol. The van der Waals surface area contributed by atoms with Gasteiger partial charge in [-0.3, -0.25) is 14.3 Å². The molecule has 0 aliphatic rings. The molecule has 0 bridgehead atoms. The molecule has 2 amide bonds. The van der Waals surface area contributed by atoms with Crippen molar-refractivity contribution < 1.29 is 9.59 Å². The average molecular weight is 396 g/mol. The number of nitrogens with zero attached hydrogens (tertiary/aromatic N) is 3. The van der Waals surface area contributed by atoms with E-state index in [0.717, 1.165) is 17.0 Å². The molecule has 7 nitrogen and oxygen atoms in total. The highest BCUT2D eigenvalue weighted by atomic mass is 16.2. The van der Waals surface area contributed by atoms with Gasteiger partial charge in [0.15, 0.2) is 0 Å². The molecule has 29 heavy (non-hydrogen) atoms. The molecule has 0 unspecified atom stereocenters. The van der Waals surface area contributed by atoms with Gasteiger partial charge in [0.05, 0.1) is 24.7 Å². The monoisotopic (exact) mass is 395 g/mol. The summed E-state index contributed by atoms with van der Waals surface area (Å²) < 4.78 is 1.83. The minimum atomic E-state index is -0.0785. The highest BCUT2D eigenvalue weighted by molar-refractivity contribution is 5.93. The lowest BCUT2D eigenvalue weighted by Gasteiger charge is -2.09. The third-order valence-electron chi connectivity index (χ3n) is 4.61. The van der Waals surface area contributed by atoms with E-state index in [0.29, 0.717) is 49.5 Å². The Kier molecular flexibility index (Phi) is 7.96. The number of hydrogen-bond donors (Lipinski definition) is 2. The molecule has 0 atom stereocenters. The van der Waals surface area contributed by atoms with E-state index in [1.165, 1.54) is 0 Å². The highest BCUT2D eigenvalue weighted by Crippen LogP contribution is 2.18. The van der Waals surface area contributed by atoms with Crippen LogP contribution in [0.15, 0.2) is 24.3 Å². The van der Waals surface area contributed by atoms with Crippen molar-refractivity contribution in [2.24, 2.45) is 5.92 Å². The molecule has 2 N–H and O–H groups in total. The van der Waals surface area contributed by atoms with Crippen molar-refractivity contribution in [1.82, 2.24) is 9.78 Å². The minimum Gasteiger partial charge on any atom is -0.326 e. The zero-order chi connectivity index (χ0) is 21.4. The van der Waals surface area contributed by atoms with E-state index in [1.54, 1.807) is 24.3 Å². The number of rotatable bonds is 9. The second kappa shape index (κ2) is 10.4. The number of benzene rings is 1. The van der Waals surface area contributed by atoms with Gasteiger partial charge in [-0.25, -0.2) is 0 Å². The van der Waals surface area contributed by atoms with Crippen molar-refractivity contribution in [3.05, 3.63) is 41.2 Å². The first-order valence-corrected chi connectivity index (χ1v) is 9.89. The first-order chi connectivity index (χ1) is 13.8. The van der Waals surface area contributed by atoms with E-state index in [4.69, 9.17) is 5.26 Å². The fraction of sp³-hybridized carbons (Fsp3) is 0.455. The van der Waals surface area contributed by atoms with Crippen LogP contribution in [0.1, 0.15) is 50.1 Å². The maximum absolute atomic E-state index is 12.3. The summed E-state index contributed by atoms with van der Waals surface area (Å²) in [5.74, 6) is 0.210. The summed E-state index contributed by atoms with van der Waals surface area (Å²) in [6, 6.07) is 9.24. The lowest BCUT2D eigenvalue weighted by molar-refractivity contribution is -0.117. The van der Waals surface area contributed by atoms with Gasteiger partial charge in [-0.05, 0) is 56.0 Å². The van der Waals surface area contributed by atoms with Gasteiger partial charge < -0.3 is 10.6 Å². The van der Waals surface area contributed by atoms with Crippen LogP contribution < -0.4 is 10.6 Å². The number of aromatic nitrogens is 2. The van der Waals surface area contributed by atoms with Crippen molar-refractivity contribution >= 4 is 23.2 Å². The number of anilines is 2. The van der Waals surface area contributed by atoms with Crippen LogP contribution in [0.5, 0.6) is 0 Å². The summed E-state index contributed by atoms with van der Waals surface area (Å²) in [6.45, 7) is 8.46. The quantitative estimate of drug-likeness (QED) is 0.671. The van der Waals surface area contributed by atoms with Crippen molar-refractivity contribution in [1.29, 1.82) is 5.26 Å². The Hall–Kier alpha value is -3.14. The van der Waals surface area contributed by atoms with Gasteiger partial charge >= 0.3 is 0 Å². The molecule has 1 heterocycles. The van der Waals surface area contributed by atoms with E-state index in [-0.39, 0.29) is 11.8 Å². The maximum atomic E-state index is 12.3. The highest BCUT2D eigenvalue weighted by Gasteiger charge is 2.13. The molecule has 0 radical (unpaired) electrons. The molecule has 7 heteroatoms. The summed E-state index contributed by atoms with van der Waals surface area (Å²) in [5, 5.41) is 18.9. The SMILES string of the molecule is Cc1nn(CCC#N)c(C)c1CCC(=O)Nc1ccc(NC(=O)CC(C)C)cc1. The summed E-state index contributed by atoms with van der Waals surface area (Å²) in [6.07, 6.45) is 1.83. The van der Waals surface area contributed by atoms with Gasteiger partial charge in [-0.1, -0.05) is 13.8 Å². The van der Waals surface area contributed by atoms with Crippen LogP contribution in [0.4, 0.5) is 11.4 Å². The maximum Gasteiger partial charge on any atom is 0.224 e. The zero-order valence-electron chi connectivity index (χ0n) is 17.6. The van der Waals surface area contributed by atoms with Gasteiger partial charge in [-0.2, -0.15) is 10.4 Å². The Labute approximate surface area is 172 Å². The number of nitrogens with one attached hydrogen (secondary N) is 2. The Morgan fingerprint density at radius 1 is 1.10 bits per heavy atom. The van der Waals surface area contributed by atoms with E-state index >= 15 is 0 Å². The third-order valence-corrected chi connectivity index (χ3v) is 4.61. The topological polar surface area (TPSA) is 99.8 Å². The van der Waals surface area contributed by atoms with E-state index < -0.39 is 0 Å². The average Bonchev–Trinajstić information content (AvgIpc) is 2.92. The predicted octanol–water partition coefficient (Wildman–Crippen LogP) is 3.97. The van der Waals surface area contributed by atoms with Crippen LogP contribution in [0.25, 0.3) is 0 Å². The third kappa shape index (κ3) is 6.75. The molecule has 0 fully saturated rings.